The first kappa shape index (κ1) is 13.8. The van der Waals surface area contributed by atoms with Gasteiger partial charge in [0.2, 0.25) is 0 Å². The number of nitrogens with zero attached hydrogens (tertiary/aromatic N) is 2. The van der Waals surface area contributed by atoms with Crippen molar-refractivity contribution >= 4 is 22.4 Å². The molecule has 1 aliphatic carbocycles. The smallest absolute Gasteiger partial charge is 0.312 e. The quantitative estimate of drug-likeness (QED) is 0.903. The van der Waals surface area contributed by atoms with Gasteiger partial charge in [-0.1, -0.05) is 0 Å². The number of aromatic nitrogens is 1. The standard InChI is InChI=1S/C14H20N2O3S/c1-2-16(8-9-4-3-7-19-9)14-15-12-10(13(17)18)5-6-11(12)20-14/h9-10H,2-8H2,1H3,(H,17,18). The summed E-state index contributed by atoms with van der Waals surface area (Å²) in [5, 5.41) is 10.2. The van der Waals surface area contributed by atoms with E-state index in [0.29, 0.717) is 12.5 Å². The van der Waals surface area contributed by atoms with Crippen LogP contribution in [-0.2, 0) is 16.0 Å². The number of carbonyl (C=O) groups is 1. The third kappa shape index (κ3) is 2.54. The summed E-state index contributed by atoms with van der Waals surface area (Å²) < 4.78 is 5.68. The molecule has 0 aromatic carbocycles. The largest absolute Gasteiger partial charge is 0.481 e. The minimum Gasteiger partial charge on any atom is -0.481 e. The molecule has 5 nitrogen and oxygen atoms in total. The molecule has 1 aromatic heterocycles. The molecule has 2 atom stereocenters. The van der Waals surface area contributed by atoms with Gasteiger partial charge in [-0.25, -0.2) is 4.98 Å². The number of fused-ring (bicyclic) bond motifs is 1. The Morgan fingerprint density at radius 2 is 2.40 bits per heavy atom. The molecular formula is C14H20N2O3S. The van der Waals surface area contributed by atoms with Gasteiger partial charge in [-0.05, 0) is 32.6 Å². The zero-order valence-electron chi connectivity index (χ0n) is 11.7. The highest BCUT2D eigenvalue weighted by molar-refractivity contribution is 7.15. The number of ether oxygens (including phenoxy) is 1. The predicted octanol–water partition coefficient (Wildman–Crippen LogP) is 2.26. The van der Waals surface area contributed by atoms with Crippen molar-refractivity contribution in [1.82, 2.24) is 4.98 Å². The number of hydrogen-bond acceptors (Lipinski definition) is 5. The molecule has 6 heteroatoms. The number of carboxylic acids is 1. The third-order valence-corrected chi connectivity index (χ3v) is 5.30. The normalized spacial score (nSPS) is 24.9. The summed E-state index contributed by atoms with van der Waals surface area (Å²) in [6, 6.07) is 0. The number of anilines is 1. The van der Waals surface area contributed by atoms with Gasteiger partial charge < -0.3 is 14.7 Å². The van der Waals surface area contributed by atoms with Crippen LogP contribution in [-0.4, -0.2) is 41.9 Å². The van der Waals surface area contributed by atoms with Crippen molar-refractivity contribution in [2.75, 3.05) is 24.6 Å². The van der Waals surface area contributed by atoms with Gasteiger partial charge in [-0.15, -0.1) is 11.3 Å². The molecule has 110 valence electrons. The molecule has 1 fully saturated rings. The molecule has 1 N–H and O–H groups in total. The van der Waals surface area contributed by atoms with Crippen molar-refractivity contribution in [2.45, 2.75) is 44.6 Å². The lowest BCUT2D eigenvalue weighted by Gasteiger charge is -2.23. The molecule has 0 amide bonds. The van der Waals surface area contributed by atoms with Crippen LogP contribution < -0.4 is 4.90 Å². The van der Waals surface area contributed by atoms with E-state index in [-0.39, 0.29) is 0 Å². The Balaban J connectivity index is 1.76. The number of hydrogen-bond donors (Lipinski definition) is 1. The van der Waals surface area contributed by atoms with Crippen LogP contribution in [0.15, 0.2) is 0 Å². The van der Waals surface area contributed by atoms with Crippen molar-refractivity contribution in [2.24, 2.45) is 0 Å². The second-order valence-corrected chi connectivity index (χ2v) is 6.47. The zero-order valence-corrected chi connectivity index (χ0v) is 12.5. The highest BCUT2D eigenvalue weighted by Crippen LogP contribution is 2.39. The Labute approximate surface area is 122 Å². The van der Waals surface area contributed by atoms with Crippen LogP contribution in [0.5, 0.6) is 0 Å². The fourth-order valence-corrected chi connectivity index (χ4v) is 4.18. The molecule has 0 radical (unpaired) electrons. The molecule has 2 unspecified atom stereocenters. The summed E-state index contributed by atoms with van der Waals surface area (Å²) in [4.78, 5) is 19.2. The molecule has 0 bridgehead atoms. The first-order valence-corrected chi connectivity index (χ1v) is 8.09. The van der Waals surface area contributed by atoms with Crippen molar-refractivity contribution in [3.63, 3.8) is 0 Å². The van der Waals surface area contributed by atoms with Crippen molar-refractivity contribution in [3.8, 4) is 0 Å². The topological polar surface area (TPSA) is 62.7 Å². The van der Waals surface area contributed by atoms with Crippen molar-refractivity contribution < 1.29 is 14.6 Å². The molecule has 1 aromatic rings. The van der Waals surface area contributed by atoms with Gasteiger partial charge in [-0.2, -0.15) is 0 Å². The summed E-state index contributed by atoms with van der Waals surface area (Å²) >= 11 is 1.66. The molecule has 0 saturated carbocycles. The van der Waals surface area contributed by atoms with E-state index in [4.69, 9.17) is 4.74 Å². The van der Waals surface area contributed by atoms with Crippen LogP contribution in [0.2, 0.25) is 0 Å². The van der Waals surface area contributed by atoms with E-state index < -0.39 is 11.9 Å². The van der Waals surface area contributed by atoms with Gasteiger partial charge in [0.1, 0.15) is 5.92 Å². The molecular weight excluding hydrogens is 276 g/mol. The zero-order chi connectivity index (χ0) is 14.1. The van der Waals surface area contributed by atoms with Gasteiger partial charge in [-0.3, -0.25) is 4.79 Å². The predicted molar refractivity (Wildman–Crippen MR) is 77.7 cm³/mol. The molecule has 20 heavy (non-hydrogen) atoms. The van der Waals surface area contributed by atoms with Crippen molar-refractivity contribution in [3.05, 3.63) is 10.6 Å². The lowest BCUT2D eigenvalue weighted by molar-refractivity contribution is -0.138. The summed E-state index contributed by atoms with van der Waals surface area (Å²) in [6.45, 7) is 4.71. The fraction of sp³-hybridized carbons (Fsp3) is 0.714. The van der Waals surface area contributed by atoms with Gasteiger partial charge in [0, 0.05) is 24.6 Å². The Morgan fingerprint density at radius 1 is 1.55 bits per heavy atom. The molecule has 0 spiro atoms. The second-order valence-electron chi connectivity index (χ2n) is 5.41. The van der Waals surface area contributed by atoms with Crippen LogP contribution >= 0.6 is 11.3 Å². The lowest BCUT2D eigenvalue weighted by atomic mass is 10.1. The molecule has 2 heterocycles. The number of carboxylic acid groups (broad SMARTS) is 1. The van der Waals surface area contributed by atoms with E-state index in [1.165, 1.54) is 0 Å². The second kappa shape index (κ2) is 5.69. The maximum absolute atomic E-state index is 11.2. The Bertz CT molecular complexity index is 497. The summed E-state index contributed by atoms with van der Waals surface area (Å²) in [6.07, 6.45) is 4.09. The summed E-state index contributed by atoms with van der Waals surface area (Å²) in [5.41, 5.74) is 0.795. The summed E-state index contributed by atoms with van der Waals surface area (Å²) in [5.74, 6) is -1.15. The fourth-order valence-electron chi connectivity index (χ4n) is 2.97. The van der Waals surface area contributed by atoms with E-state index in [1.807, 2.05) is 0 Å². The lowest BCUT2D eigenvalue weighted by Crippen LogP contribution is -2.32. The van der Waals surface area contributed by atoms with Crippen LogP contribution in [0, 0.1) is 0 Å². The number of rotatable bonds is 5. The Kier molecular flexibility index (Phi) is 3.94. The number of likely N-dealkylation sites (N-methyl/N-ethyl adjacent to an activating group) is 1. The summed E-state index contributed by atoms with van der Waals surface area (Å²) in [7, 11) is 0. The minimum atomic E-state index is -0.747. The molecule has 2 aliphatic rings. The van der Waals surface area contributed by atoms with Crippen LogP contribution in [0.25, 0.3) is 0 Å². The van der Waals surface area contributed by atoms with E-state index in [0.717, 1.165) is 54.7 Å². The average Bonchev–Trinajstić information content (AvgIpc) is 3.11. The Hall–Kier alpha value is -1.14. The first-order valence-electron chi connectivity index (χ1n) is 7.28. The molecule has 1 aliphatic heterocycles. The van der Waals surface area contributed by atoms with Crippen LogP contribution in [0.4, 0.5) is 5.13 Å². The van der Waals surface area contributed by atoms with Gasteiger partial charge >= 0.3 is 5.97 Å². The number of aliphatic carboxylic acids is 1. The minimum absolute atomic E-state index is 0.295. The third-order valence-electron chi connectivity index (χ3n) is 4.10. The maximum atomic E-state index is 11.2. The van der Waals surface area contributed by atoms with Gasteiger partial charge in [0.15, 0.2) is 5.13 Å². The highest BCUT2D eigenvalue weighted by atomic mass is 32.1. The number of thiazole rings is 1. The van der Waals surface area contributed by atoms with Gasteiger partial charge in [0.05, 0.1) is 11.8 Å². The monoisotopic (exact) mass is 296 g/mol. The van der Waals surface area contributed by atoms with E-state index in [2.05, 4.69) is 16.8 Å². The highest BCUT2D eigenvalue weighted by Gasteiger charge is 2.33. The average molecular weight is 296 g/mol. The van der Waals surface area contributed by atoms with Crippen molar-refractivity contribution in [1.29, 1.82) is 0 Å². The van der Waals surface area contributed by atoms with Crippen LogP contribution in [0.3, 0.4) is 0 Å². The first-order chi connectivity index (χ1) is 9.69. The SMILES string of the molecule is CCN(CC1CCCO1)c1nc2c(s1)CCC2C(=O)O. The maximum Gasteiger partial charge on any atom is 0.312 e. The number of aryl methyl sites for hydroxylation is 1. The van der Waals surface area contributed by atoms with E-state index >= 15 is 0 Å². The van der Waals surface area contributed by atoms with Gasteiger partial charge in [0.25, 0.3) is 0 Å². The van der Waals surface area contributed by atoms with E-state index in [1.54, 1.807) is 11.3 Å². The molecule has 1 saturated heterocycles. The Morgan fingerprint density at radius 3 is 3.05 bits per heavy atom. The van der Waals surface area contributed by atoms with Crippen LogP contribution in [0.1, 0.15) is 42.7 Å². The van der Waals surface area contributed by atoms with E-state index in [9.17, 15) is 9.90 Å². The molecule has 3 rings (SSSR count).